The third kappa shape index (κ3) is 6.17. The van der Waals surface area contributed by atoms with E-state index in [4.69, 9.17) is 0 Å². The number of nitrogens with one attached hydrogen (secondary N) is 1. The van der Waals surface area contributed by atoms with Gasteiger partial charge in [0.1, 0.15) is 0 Å². The summed E-state index contributed by atoms with van der Waals surface area (Å²) in [6.07, 6.45) is 2.44. The van der Waals surface area contributed by atoms with Crippen molar-refractivity contribution in [1.82, 2.24) is 5.32 Å². The van der Waals surface area contributed by atoms with Crippen molar-refractivity contribution in [3.8, 4) is 0 Å². The molecule has 0 saturated heterocycles. The van der Waals surface area contributed by atoms with Crippen molar-refractivity contribution in [1.29, 1.82) is 0 Å². The summed E-state index contributed by atoms with van der Waals surface area (Å²) in [6, 6.07) is 0. The maximum Gasteiger partial charge on any atom is 0.207 e. The fraction of sp³-hybridized carbons (Fsp3) is 0.250. The molecule has 0 atom stereocenters. The van der Waals surface area contributed by atoms with Crippen molar-refractivity contribution in [2.75, 3.05) is 6.54 Å². The highest BCUT2D eigenvalue weighted by Crippen LogP contribution is 2.10. The molecule has 0 aliphatic carbocycles. The van der Waals surface area contributed by atoms with Crippen LogP contribution in [0.1, 0.15) is 0 Å². The molecule has 2 nitrogen and oxygen atoms in total. The van der Waals surface area contributed by atoms with Gasteiger partial charge in [0.25, 0.3) is 0 Å². The minimum atomic E-state index is 0.551. The van der Waals surface area contributed by atoms with E-state index in [1.807, 2.05) is 0 Å². The molecule has 4 heteroatoms. The van der Waals surface area contributed by atoms with E-state index in [1.165, 1.54) is 0 Å². The smallest absolute Gasteiger partial charge is 0.207 e. The molecule has 0 spiro atoms. The Labute approximate surface area is 64.6 Å². The fourth-order valence-electron chi connectivity index (χ4n) is 0.184. The molecule has 1 N–H and O–H groups in total. The van der Waals surface area contributed by atoms with Gasteiger partial charge in [0.05, 0.1) is 3.39 Å². The summed E-state index contributed by atoms with van der Waals surface area (Å²) < 4.78 is 0.847. The van der Waals surface area contributed by atoms with E-state index in [9.17, 15) is 4.79 Å². The summed E-state index contributed by atoms with van der Waals surface area (Å²) in [5.74, 6) is 0. The molecule has 46 valence electrons. The molecule has 8 heavy (non-hydrogen) atoms. The number of hydrogen-bond donors (Lipinski definition) is 1. The number of hydrogen-bond acceptors (Lipinski definition) is 1. The van der Waals surface area contributed by atoms with Crippen LogP contribution in [0.15, 0.2) is 9.47 Å². The van der Waals surface area contributed by atoms with Crippen LogP contribution in [-0.4, -0.2) is 13.0 Å². The first-order valence-corrected chi connectivity index (χ1v) is 3.54. The molecular formula is C4H5Br2NO. The lowest BCUT2D eigenvalue weighted by atomic mass is 10.6. The SMILES string of the molecule is O=CNCC=C(Br)Br. The number of carbonyl (C=O) groups is 1. The minimum absolute atomic E-state index is 0.551. The summed E-state index contributed by atoms with van der Waals surface area (Å²) in [4.78, 5) is 9.62. The van der Waals surface area contributed by atoms with Gasteiger partial charge in [-0.25, -0.2) is 0 Å². The van der Waals surface area contributed by atoms with Crippen molar-refractivity contribution in [2.45, 2.75) is 0 Å². The van der Waals surface area contributed by atoms with E-state index >= 15 is 0 Å². The highest BCUT2D eigenvalue weighted by molar-refractivity contribution is 9.28. The van der Waals surface area contributed by atoms with Crippen LogP contribution in [0.25, 0.3) is 0 Å². The van der Waals surface area contributed by atoms with E-state index in [0.29, 0.717) is 13.0 Å². The van der Waals surface area contributed by atoms with Crippen LogP contribution in [0.3, 0.4) is 0 Å². The monoisotopic (exact) mass is 241 g/mol. The van der Waals surface area contributed by atoms with Crippen molar-refractivity contribution >= 4 is 38.3 Å². The zero-order valence-corrected chi connectivity index (χ0v) is 7.20. The summed E-state index contributed by atoms with van der Waals surface area (Å²) in [6.45, 7) is 0.551. The van der Waals surface area contributed by atoms with Crippen LogP contribution >= 0.6 is 31.9 Å². The zero-order valence-electron chi connectivity index (χ0n) is 4.03. The summed E-state index contributed by atoms with van der Waals surface area (Å²) >= 11 is 6.25. The molecule has 0 aliphatic heterocycles. The van der Waals surface area contributed by atoms with Crippen molar-refractivity contribution < 1.29 is 4.79 Å². The van der Waals surface area contributed by atoms with E-state index in [0.717, 1.165) is 3.39 Å². The van der Waals surface area contributed by atoms with Gasteiger partial charge < -0.3 is 5.32 Å². The van der Waals surface area contributed by atoms with Crippen LogP contribution < -0.4 is 5.32 Å². The van der Waals surface area contributed by atoms with Crippen LogP contribution in [-0.2, 0) is 4.79 Å². The Hall–Kier alpha value is 0.170. The van der Waals surface area contributed by atoms with E-state index in [2.05, 4.69) is 37.2 Å². The Morgan fingerprint density at radius 3 is 2.62 bits per heavy atom. The number of halogens is 2. The maximum atomic E-state index is 9.62. The Bertz CT molecular complexity index is 98.2. The van der Waals surface area contributed by atoms with Crippen LogP contribution in [0.2, 0.25) is 0 Å². The van der Waals surface area contributed by atoms with E-state index in [-0.39, 0.29) is 0 Å². The largest absolute Gasteiger partial charge is 0.355 e. The van der Waals surface area contributed by atoms with E-state index in [1.54, 1.807) is 6.08 Å². The van der Waals surface area contributed by atoms with Crippen molar-refractivity contribution in [3.05, 3.63) is 9.47 Å². The van der Waals surface area contributed by atoms with Crippen LogP contribution in [0.5, 0.6) is 0 Å². The lowest BCUT2D eigenvalue weighted by Gasteiger charge is -1.86. The van der Waals surface area contributed by atoms with Gasteiger partial charge >= 0.3 is 0 Å². The molecule has 0 radical (unpaired) electrons. The third-order valence-corrected chi connectivity index (χ3v) is 1.11. The second-order valence-electron chi connectivity index (χ2n) is 1.02. The Balaban J connectivity index is 3.15. The molecule has 0 bridgehead atoms. The fourth-order valence-corrected chi connectivity index (χ4v) is 0.508. The second kappa shape index (κ2) is 5.31. The lowest BCUT2D eigenvalue weighted by Crippen LogP contribution is -2.09. The summed E-state index contributed by atoms with van der Waals surface area (Å²) in [5.41, 5.74) is 0. The Morgan fingerprint density at radius 2 is 2.25 bits per heavy atom. The second-order valence-corrected chi connectivity index (χ2v) is 3.79. The van der Waals surface area contributed by atoms with Crippen molar-refractivity contribution in [2.24, 2.45) is 0 Å². The number of rotatable bonds is 3. The highest BCUT2D eigenvalue weighted by atomic mass is 79.9. The molecule has 0 aromatic carbocycles. The van der Waals surface area contributed by atoms with Gasteiger partial charge in [-0.15, -0.1) is 0 Å². The minimum Gasteiger partial charge on any atom is -0.355 e. The molecule has 0 heterocycles. The van der Waals surface area contributed by atoms with Gasteiger partial charge in [-0.1, -0.05) is 0 Å². The molecule has 0 rings (SSSR count). The predicted molar refractivity (Wildman–Crippen MR) is 40.0 cm³/mol. The Kier molecular flexibility index (Phi) is 5.42. The van der Waals surface area contributed by atoms with E-state index < -0.39 is 0 Å². The number of amides is 1. The topological polar surface area (TPSA) is 29.1 Å². The van der Waals surface area contributed by atoms with Gasteiger partial charge in [0.15, 0.2) is 0 Å². The summed E-state index contributed by atoms with van der Waals surface area (Å²) in [7, 11) is 0. The van der Waals surface area contributed by atoms with Gasteiger partial charge in [-0.3, -0.25) is 4.79 Å². The normalized spacial score (nSPS) is 7.75. The zero-order chi connectivity index (χ0) is 6.41. The third-order valence-electron chi connectivity index (χ3n) is 0.458. The molecule has 0 saturated carbocycles. The molecule has 0 aliphatic rings. The first-order chi connectivity index (χ1) is 3.77. The van der Waals surface area contributed by atoms with Gasteiger partial charge in [0.2, 0.25) is 6.41 Å². The van der Waals surface area contributed by atoms with Gasteiger partial charge in [0, 0.05) is 6.54 Å². The van der Waals surface area contributed by atoms with Crippen molar-refractivity contribution in [3.63, 3.8) is 0 Å². The molecule has 0 fully saturated rings. The Morgan fingerprint density at radius 1 is 1.62 bits per heavy atom. The average Bonchev–Trinajstić information content (AvgIpc) is 1.66. The molecule has 1 amide bonds. The van der Waals surface area contributed by atoms with Crippen LogP contribution in [0, 0.1) is 0 Å². The summed E-state index contributed by atoms with van der Waals surface area (Å²) in [5, 5.41) is 2.46. The molecule has 0 aromatic heterocycles. The standard InChI is InChI=1S/C4H5Br2NO/c5-4(6)1-2-7-3-8/h1,3H,2H2,(H,7,8). The quantitative estimate of drug-likeness (QED) is 0.588. The molecule has 0 aromatic rings. The first-order valence-electron chi connectivity index (χ1n) is 1.95. The number of carbonyl (C=O) groups excluding carboxylic acids is 1. The average molecular weight is 243 g/mol. The maximum absolute atomic E-state index is 9.62. The highest BCUT2D eigenvalue weighted by Gasteiger charge is 1.78. The van der Waals surface area contributed by atoms with Gasteiger partial charge in [-0.05, 0) is 37.9 Å². The molecule has 0 unspecified atom stereocenters. The first kappa shape index (κ1) is 8.17. The van der Waals surface area contributed by atoms with Crippen LogP contribution in [0.4, 0.5) is 0 Å². The lowest BCUT2D eigenvalue weighted by molar-refractivity contribution is -0.109. The van der Waals surface area contributed by atoms with Gasteiger partial charge in [-0.2, -0.15) is 0 Å². The predicted octanol–water partition coefficient (Wildman–Crippen LogP) is 1.36. The molecular weight excluding hydrogens is 238 g/mol.